The number of halogens is 3. The summed E-state index contributed by atoms with van der Waals surface area (Å²) < 4.78 is 0. The Hall–Kier alpha value is -1.48. The van der Waals surface area contributed by atoms with Crippen molar-refractivity contribution in [3.8, 4) is 0 Å². The van der Waals surface area contributed by atoms with Gasteiger partial charge in [0.2, 0.25) is 0 Å². The summed E-state index contributed by atoms with van der Waals surface area (Å²) in [5.41, 5.74) is 4.47. The van der Waals surface area contributed by atoms with Crippen LogP contribution in [0, 0.1) is 13.8 Å². The molecule has 1 N–H and O–H groups in total. The van der Waals surface area contributed by atoms with Gasteiger partial charge < -0.3 is 5.32 Å². The Labute approximate surface area is 144 Å². The van der Waals surface area contributed by atoms with Gasteiger partial charge in [0.1, 0.15) is 0 Å². The van der Waals surface area contributed by atoms with Crippen LogP contribution in [0.5, 0.6) is 0 Å². The number of hydrogen-bond acceptors (Lipinski definition) is 2. The highest BCUT2D eigenvalue weighted by atomic mass is 35.5. The molecule has 0 amide bonds. The van der Waals surface area contributed by atoms with E-state index in [-0.39, 0.29) is 0 Å². The molecule has 112 valence electrons. The van der Waals surface area contributed by atoms with Gasteiger partial charge in [0.05, 0.1) is 26.3 Å². The van der Waals surface area contributed by atoms with E-state index in [0.717, 1.165) is 38.6 Å². The molecule has 0 saturated carbocycles. The van der Waals surface area contributed by atoms with Crippen molar-refractivity contribution in [3.63, 3.8) is 0 Å². The summed E-state index contributed by atoms with van der Waals surface area (Å²) in [5, 5.41) is 6.02. The first-order chi connectivity index (χ1) is 10.5. The average Bonchev–Trinajstić information content (AvgIpc) is 2.50. The van der Waals surface area contributed by atoms with Crippen LogP contribution in [0.3, 0.4) is 0 Å². The first-order valence-corrected chi connectivity index (χ1v) is 7.88. The number of nitrogens with zero attached hydrogens (tertiary/aromatic N) is 1. The maximum Gasteiger partial charge on any atom is 0.0955 e. The lowest BCUT2D eigenvalue weighted by Gasteiger charge is -2.13. The topological polar surface area (TPSA) is 24.9 Å². The summed E-state index contributed by atoms with van der Waals surface area (Å²) in [5.74, 6) is 0. The highest BCUT2D eigenvalue weighted by molar-refractivity contribution is 6.42. The Morgan fingerprint density at radius 3 is 2.45 bits per heavy atom. The maximum atomic E-state index is 6.45. The van der Waals surface area contributed by atoms with E-state index in [2.05, 4.69) is 10.3 Å². The molecule has 3 rings (SSSR count). The van der Waals surface area contributed by atoms with Gasteiger partial charge >= 0.3 is 0 Å². The summed E-state index contributed by atoms with van der Waals surface area (Å²) >= 11 is 18.5. The number of para-hydroxylation sites is 1. The molecule has 0 aliphatic rings. The number of pyridine rings is 1. The normalized spacial score (nSPS) is 11.0. The molecule has 0 radical (unpaired) electrons. The van der Waals surface area contributed by atoms with Crippen LogP contribution in [0.2, 0.25) is 15.1 Å². The Bertz CT molecular complexity index is 875. The lowest BCUT2D eigenvalue weighted by Crippen LogP contribution is -1.96. The second-order valence-corrected chi connectivity index (χ2v) is 6.28. The maximum absolute atomic E-state index is 6.45. The second-order valence-electron chi connectivity index (χ2n) is 5.09. The Morgan fingerprint density at radius 2 is 1.73 bits per heavy atom. The van der Waals surface area contributed by atoms with Crippen LogP contribution in [0.25, 0.3) is 10.9 Å². The number of rotatable bonds is 2. The third-order valence-electron chi connectivity index (χ3n) is 3.62. The van der Waals surface area contributed by atoms with Gasteiger partial charge in [-0.05, 0) is 43.7 Å². The van der Waals surface area contributed by atoms with Crippen LogP contribution in [-0.4, -0.2) is 4.98 Å². The Kier molecular flexibility index (Phi) is 4.18. The van der Waals surface area contributed by atoms with Gasteiger partial charge in [-0.25, -0.2) is 0 Å². The number of anilines is 2. The molecule has 0 saturated heterocycles. The molecular weight excluding hydrogens is 339 g/mol. The molecule has 5 heteroatoms. The standard InChI is InChI=1S/C17H13Cl3N2/c1-9-10(2)21-17-12(16(9)20)4-3-5-15(17)22-11-6-7-13(18)14(19)8-11/h3-8,22H,1-2H3. The molecule has 2 nitrogen and oxygen atoms in total. The second kappa shape index (κ2) is 5.96. The molecule has 2 aromatic carbocycles. The van der Waals surface area contributed by atoms with Crippen molar-refractivity contribution < 1.29 is 0 Å². The predicted octanol–water partition coefficient (Wildman–Crippen LogP) is 6.56. The fourth-order valence-corrected chi connectivity index (χ4v) is 2.87. The number of fused-ring (bicyclic) bond motifs is 1. The van der Waals surface area contributed by atoms with E-state index < -0.39 is 0 Å². The Balaban J connectivity index is 2.13. The van der Waals surface area contributed by atoms with Crippen LogP contribution in [0.4, 0.5) is 11.4 Å². The minimum absolute atomic E-state index is 0.505. The van der Waals surface area contributed by atoms with E-state index in [4.69, 9.17) is 34.8 Å². The molecule has 0 spiro atoms. The van der Waals surface area contributed by atoms with Crippen molar-refractivity contribution in [2.24, 2.45) is 0 Å². The van der Waals surface area contributed by atoms with Gasteiger partial charge in [0, 0.05) is 16.8 Å². The summed E-state index contributed by atoms with van der Waals surface area (Å²) in [6.07, 6.45) is 0. The zero-order chi connectivity index (χ0) is 15.9. The number of hydrogen-bond donors (Lipinski definition) is 1. The van der Waals surface area contributed by atoms with Crippen molar-refractivity contribution in [2.75, 3.05) is 5.32 Å². The number of aromatic nitrogens is 1. The molecule has 3 aromatic rings. The highest BCUT2D eigenvalue weighted by Crippen LogP contribution is 2.33. The number of benzene rings is 2. The molecule has 0 aliphatic heterocycles. The summed E-state index contributed by atoms with van der Waals surface area (Å²) in [6, 6.07) is 11.3. The molecule has 0 aliphatic carbocycles. The number of nitrogens with one attached hydrogen (secondary N) is 1. The van der Waals surface area contributed by atoms with Crippen LogP contribution < -0.4 is 5.32 Å². The predicted molar refractivity (Wildman–Crippen MR) is 96.0 cm³/mol. The van der Waals surface area contributed by atoms with Gasteiger partial charge in [-0.1, -0.05) is 46.9 Å². The molecule has 22 heavy (non-hydrogen) atoms. The lowest BCUT2D eigenvalue weighted by molar-refractivity contribution is 1.20. The molecule has 0 unspecified atom stereocenters. The fourth-order valence-electron chi connectivity index (χ4n) is 2.28. The van der Waals surface area contributed by atoms with Gasteiger partial charge in [0.25, 0.3) is 0 Å². The van der Waals surface area contributed by atoms with Gasteiger partial charge in [-0.2, -0.15) is 0 Å². The quantitative estimate of drug-likeness (QED) is 0.566. The molecule has 0 atom stereocenters. The monoisotopic (exact) mass is 350 g/mol. The third-order valence-corrected chi connectivity index (χ3v) is 4.85. The molecule has 1 aromatic heterocycles. The molecule has 0 bridgehead atoms. The number of aryl methyl sites for hydroxylation is 1. The van der Waals surface area contributed by atoms with E-state index in [0.29, 0.717) is 10.0 Å². The first-order valence-electron chi connectivity index (χ1n) is 6.75. The fraction of sp³-hybridized carbons (Fsp3) is 0.118. The van der Waals surface area contributed by atoms with E-state index in [9.17, 15) is 0 Å². The zero-order valence-electron chi connectivity index (χ0n) is 12.0. The summed E-state index contributed by atoms with van der Waals surface area (Å²) in [7, 11) is 0. The van der Waals surface area contributed by atoms with Crippen molar-refractivity contribution in [1.82, 2.24) is 4.98 Å². The van der Waals surface area contributed by atoms with E-state index in [1.54, 1.807) is 12.1 Å². The highest BCUT2D eigenvalue weighted by Gasteiger charge is 2.11. The van der Waals surface area contributed by atoms with Crippen LogP contribution in [-0.2, 0) is 0 Å². The Morgan fingerprint density at radius 1 is 0.955 bits per heavy atom. The van der Waals surface area contributed by atoms with Crippen molar-refractivity contribution >= 4 is 57.1 Å². The third kappa shape index (κ3) is 2.74. The van der Waals surface area contributed by atoms with Gasteiger partial charge in [-0.3, -0.25) is 4.98 Å². The first kappa shape index (κ1) is 15.4. The van der Waals surface area contributed by atoms with Crippen LogP contribution in [0.15, 0.2) is 36.4 Å². The molecule has 0 fully saturated rings. The van der Waals surface area contributed by atoms with Crippen LogP contribution in [0.1, 0.15) is 11.3 Å². The SMILES string of the molecule is Cc1nc2c(Nc3ccc(Cl)c(Cl)c3)cccc2c(Cl)c1C. The molecule has 1 heterocycles. The van der Waals surface area contributed by atoms with Gasteiger partial charge in [0.15, 0.2) is 0 Å². The minimum atomic E-state index is 0.505. The van der Waals surface area contributed by atoms with Crippen molar-refractivity contribution in [2.45, 2.75) is 13.8 Å². The summed E-state index contributed by atoms with van der Waals surface area (Å²) in [4.78, 5) is 4.67. The lowest BCUT2D eigenvalue weighted by atomic mass is 10.1. The van der Waals surface area contributed by atoms with Crippen molar-refractivity contribution in [1.29, 1.82) is 0 Å². The van der Waals surface area contributed by atoms with Gasteiger partial charge in [-0.15, -0.1) is 0 Å². The summed E-state index contributed by atoms with van der Waals surface area (Å²) in [6.45, 7) is 3.93. The zero-order valence-corrected chi connectivity index (χ0v) is 14.3. The van der Waals surface area contributed by atoms with Crippen molar-refractivity contribution in [3.05, 3.63) is 62.7 Å². The smallest absolute Gasteiger partial charge is 0.0955 e. The largest absolute Gasteiger partial charge is 0.354 e. The van der Waals surface area contributed by atoms with E-state index >= 15 is 0 Å². The minimum Gasteiger partial charge on any atom is -0.354 e. The van der Waals surface area contributed by atoms with Crippen LogP contribution >= 0.6 is 34.8 Å². The van der Waals surface area contributed by atoms with E-state index in [1.165, 1.54) is 0 Å². The van der Waals surface area contributed by atoms with E-state index in [1.807, 2.05) is 38.1 Å². The average molecular weight is 352 g/mol. The molecular formula is C17H13Cl3N2.